The molecule has 144 valence electrons. The lowest BCUT2D eigenvalue weighted by Gasteiger charge is -2.09. The zero-order chi connectivity index (χ0) is 20.4. The number of esters is 1. The minimum Gasteiger partial charge on any atom is -0.497 e. The van der Waals surface area contributed by atoms with E-state index in [4.69, 9.17) is 13.9 Å². The maximum absolute atomic E-state index is 13.0. The molecule has 0 aliphatic rings. The number of benzene rings is 3. The van der Waals surface area contributed by atoms with Crippen LogP contribution in [-0.4, -0.2) is 13.1 Å². The van der Waals surface area contributed by atoms with Gasteiger partial charge in [-0.3, -0.25) is 4.79 Å². The van der Waals surface area contributed by atoms with Gasteiger partial charge in [0.15, 0.2) is 0 Å². The molecule has 4 aromatic rings. The number of fused-ring (bicyclic) bond motifs is 1. The van der Waals surface area contributed by atoms with Crippen molar-refractivity contribution in [1.82, 2.24) is 0 Å². The average molecular weight is 386 g/mol. The minimum atomic E-state index is -0.507. The third kappa shape index (κ3) is 3.62. The largest absolute Gasteiger partial charge is 0.497 e. The van der Waals surface area contributed by atoms with Crippen molar-refractivity contribution in [2.75, 3.05) is 7.11 Å². The van der Waals surface area contributed by atoms with Crippen LogP contribution in [0.25, 0.3) is 22.1 Å². The third-order valence-corrected chi connectivity index (χ3v) is 4.64. The lowest BCUT2D eigenvalue weighted by atomic mass is 10.0. The fourth-order valence-corrected chi connectivity index (χ4v) is 3.18. The number of methoxy groups -OCH3 is 1. The standard InChI is InChI=1S/C24H18O5/c1-15-22(16-6-4-3-5-7-16)23(25)20-13-12-19(14-21(20)28-15)29-24(26)17-8-10-18(27-2)11-9-17/h3-14H,1-2H3. The molecule has 0 aliphatic carbocycles. The van der Waals surface area contributed by atoms with Gasteiger partial charge in [0.2, 0.25) is 5.43 Å². The number of hydrogen-bond acceptors (Lipinski definition) is 5. The highest BCUT2D eigenvalue weighted by Gasteiger charge is 2.15. The van der Waals surface area contributed by atoms with Crippen molar-refractivity contribution in [1.29, 1.82) is 0 Å². The van der Waals surface area contributed by atoms with Crippen molar-refractivity contribution in [3.05, 3.63) is 94.3 Å². The number of hydrogen-bond donors (Lipinski definition) is 0. The van der Waals surface area contributed by atoms with Gasteiger partial charge in [-0.1, -0.05) is 30.3 Å². The average Bonchev–Trinajstić information content (AvgIpc) is 2.74. The van der Waals surface area contributed by atoms with Crippen LogP contribution in [0.15, 0.2) is 82.0 Å². The highest BCUT2D eigenvalue weighted by molar-refractivity contribution is 5.92. The summed E-state index contributed by atoms with van der Waals surface area (Å²) in [5.74, 6) is 0.950. The Bertz CT molecular complexity index is 1240. The highest BCUT2D eigenvalue weighted by atomic mass is 16.5. The number of ether oxygens (including phenoxy) is 2. The molecule has 0 saturated carbocycles. The maximum Gasteiger partial charge on any atom is 0.343 e. The first-order valence-corrected chi connectivity index (χ1v) is 9.06. The van der Waals surface area contributed by atoms with E-state index in [2.05, 4.69) is 0 Å². The molecule has 4 rings (SSSR count). The second-order valence-electron chi connectivity index (χ2n) is 6.50. The molecule has 1 aromatic heterocycles. The predicted molar refractivity (Wildman–Crippen MR) is 111 cm³/mol. The predicted octanol–water partition coefficient (Wildman–Crippen LogP) is 5.00. The minimum absolute atomic E-state index is 0.122. The zero-order valence-electron chi connectivity index (χ0n) is 16.0. The fraction of sp³-hybridized carbons (Fsp3) is 0.0833. The molecule has 5 nitrogen and oxygen atoms in total. The molecule has 3 aromatic carbocycles. The summed E-state index contributed by atoms with van der Waals surface area (Å²) < 4.78 is 16.4. The Morgan fingerprint density at radius 3 is 2.28 bits per heavy atom. The van der Waals surface area contributed by atoms with Gasteiger partial charge in [0.05, 0.1) is 23.6 Å². The van der Waals surface area contributed by atoms with Crippen LogP contribution in [0.1, 0.15) is 16.1 Å². The van der Waals surface area contributed by atoms with Crippen molar-refractivity contribution in [2.24, 2.45) is 0 Å². The third-order valence-electron chi connectivity index (χ3n) is 4.64. The van der Waals surface area contributed by atoms with E-state index in [1.807, 2.05) is 30.3 Å². The smallest absolute Gasteiger partial charge is 0.343 e. The van der Waals surface area contributed by atoms with Crippen molar-refractivity contribution in [3.63, 3.8) is 0 Å². The summed E-state index contributed by atoms with van der Waals surface area (Å²) in [6.07, 6.45) is 0. The van der Waals surface area contributed by atoms with Gasteiger partial charge >= 0.3 is 5.97 Å². The Kier molecular flexibility index (Phi) is 4.87. The van der Waals surface area contributed by atoms with Gasteiger partial charge in [0.25, 0.3) is 0 Å². The zero-order valence-corrected chi connectivity index (χ0v) is 16.0. The van der Waals surface area contributed by atoms with E-state index in [-0.39, 0.29) is 5.43 Å². The van der Waals surface area contributed by atoms with Crippen LogP contribution in [0.3, 0.4) is 0 Å². The van der Waals surface area contributed by atoms with E-state index in [1.165, 1.54) is 0 Å². The van der Waals surface area contributed by atoms with Gasteiger partial charge in [-0.2, -0.15) is 0 Å². The van der Waals surface area contributed by atoms with E-state index >= 15 is 0 Å². The van der Waals surface area contributed by atoms with Gasteiger partial charge in [0.1, 0.15) is 22.8 Å². The second-order valence-corrected chi connectivity index (χ2v) is 6.50. The molecule has 0 bridgehead atoms. The quantitative estimate of drug-likeness (QED) is 0.365. The molecule has 0 fully saturated rings. The second kappa shape index (κ2) is 7.64. The Morgan fingerprint density at radius 1 is 0.897 bits per heavy atom. The van der Waals surface area contributed by atoms with Crippen LogP contribution in [-0.2, 0) is 0 Å². The molecule has 0 atom stereocenters. The number of carbonyl (C=O) groups is 1. The number of carbonyl (C=O) groups excluding carboxylic acids is 1. The van der Waals surface area contributed by atoms with Gasteiger partial charge in [-0.15, -0.1) is 0 Å². The summed E-state index contributed by atoms with van der Waals surface area (Å²) in [6, 6.07) is 20.8. The monoisotopic (exact) mass is 386 g/mol. The van der Waals surface area contributed by atoms with Crippen LogP contribution < -0.4 is 14.9 Å². The summed E-state index contributed by atoms with van der Waals surface area (Å²) in [4.78, 5) is 25.4. The summed E-state index contributed by atoms with van der Waals surface area (Å²) >= 11 is 0. The molecular weight excluding hydrogens is 368 g/mol. The first-order valence-electron chi connectivity index (χ1n) is 9.06. The molecule has 5 heteroatoms. The Labute approximate surface area is 167 Å². The molecule has 0 saturated heterocycles. The van der Waals surface area contributed by atoms with Crippen molar-refractivity contribution in [2.45, 2.75) is 6.92 Å². The van der Waals surface area contributed by atoms with Gasteiger partial charge in [-0.05, 0) is 48.9 Å². The van der Waals surface area contributed by atoms with Gasteiger partial charge in [-0.25, -0.2) is 4.79 Å². The molecule has 1 heterocycles. The van der Waals surface area contributed by atoms with Crippen LogP contribution >= 0.6 is 0 Å². The van der Waals surface area contributed by atoms with E-state index in [0.717, 1.165) is 5.56 Å². The number of rotatable bonds is 4. The van der Waals surface area contributed by atoms with E-state index in [0.29, 0.717) is 39.4 Å². The van der Waals surface area contributed by atoms with Crippen LogP contribution in [0.2, 0.25) is 0 Å². The van der Waals surface area contributed by atoms with Crippen molar-refractivity contribution < 1.29 is 18.7 Å². The molecular formula is C24H18O5. The molecule has 0 spiro atoms. The molecule has 29 heavy (non-hydrogen) atoms. The SMILES string of the molecule is COc1ccc(C(=O)Oc2ccc3c(=O)c(-c4ccccc4)c(C)oc3c2)cc1. The molecule has 0 unspecified atom stereocenters. The van der Waals surface area contributed by atoms with Gasteiger partial charge in [0, 0.05) is 6.07 Å². The first-order chi connectivity index (χ1) is 14.1. The summed E-state index contributed by atoms with van der Waals surface area (Å²) in [7, 11) is 1.56. The normalized spacial score (nSPS) is 10.7. The topological polar surface area (TPSA) is 65.7 Å². The fourth-order valence-electron chi connectivity index (χ4n) is 3.18. The Hall–Kier alpha value is -3.86. The molecule has 0 N–H and O–H groups in total. The van der Waals surface area contributed by atoms with E-state index < -0.39 is 5.97 Å². The number of aryl methyl sites for hydroxylation is 1. The first kappa shape index (κ1) is 18.5. The summed E-state index contributed by atoms with van der Waals surface area (Å²) in [5.41, 5.74) is 1.97. The summed E-state index contributed by atoms with van der Waals surface area (Å²) in [5, 5.41) is 0.429. The van der Waals surface area contributed by atoms with Crippen molar-refractivity contribution in [3.8, 4) is 22.6 Å². The lowest BCUT2D eigenvalue weighted by Crippen LogP contribution is -2.10. The van der Waals surface area contributed by atoms with Gasteiger partial charge < -0.3 is 13.9 Å². The van der Waals surface area contributed by atoms with E-state index in [1.54, 1.807) is 56.5 Å². The molecule has 0 aliphatic heterocycles. The van der Waals surface area contributed by atoms with Crippen molar-refractivity contribution >= 4 is 16.9 Å². The maximum atomic E-state index is 13.0. The van der Waals surface area contributed by atoms with E-state index in [9.17, 15) is 9.59 Å². The molecule has 0 radical (unpaired) electrons. The Balaban J connectivity index is 1.68. The van der Waals surface area contributed by atoms with Crippen LogP contribution in [0, 0.1) is 6.92 Å². The lowest BCUT2D eigenvalue weighted by molar-refractivity contribution is 0.0735. The van der Waals surface area contributed by atoms with Crippen LogP contribution in [0.4, 0.5) is 0 Å². The summed E-state index contributed by atoms with van der Waals surface area (Å²) in [6.45, 7) is 1.75. The van der Waals surface area contributed by atoms with Crippen LogP contribution in [0.5, 0.6) is 11.5 Å². The Morgan fingerprint density at radius 2 is 1.59 bits per heavy atom. The molecule has 0 amide bonds. The highest BCUT2D eigenvalue weighted by Crippen LogP contribution is 2.26.